The highest BCUT2D eigenvalue weighted by atomic mass is 16.5. The van der Waals surface area contributed by atoms with Gasteiger partial charge in [-0.25, -0.2) is 0 Å². The molecule has 2 amide bonds. The van der Waals surface area contributed by atoms with Crippen molar-refractivity contribution in [3.63, 3.8) is 0 Å². The largest absolute Gasteiger partial charge is 0.481 e. The van der Waals surface area contributed by atoms with Crippen LogP contribution in [0.2, 0.25) is 0 Å². The standard InChI is InChI=1S/C15H21N3O4/c1-16-13(19)11-6-4-5-9-18(11)15(20)10-7-8-12(21-2)17-14(10)22-3/h7-8,11H,4-6,9H2,1-3H3,(H,16,19). The fourth-order valence-electron chi connectivity index (χ4n) is 2.62. The maximum Gasteiger partial charge on any atom is 0.260 e. The number of carbonyl (C=O) groups excluding carboxylic acids is 2. The molecule has 1 atom stereocenters. The molecule has 1 N–H and O–H groups in total. The van der Waals surface area contributed by atoms with Crippen molar-refractivity contribution in [2.75, 3.05) is 27.8 Å². The summed E-state index contributed by atoms with van der Waals surface area (Å²) in [5.41, 5.74) is 0.333. The lowest BCUT2D eigenvalue weighted by Crippen LogP contribution is -2.51. The maximum absolute atomic E-state index is 12.8. The van der Waals surface area contributed by atoms with Crippen LogP contribution in [0.1, 0.15) is 29.6 Å². The zero-order chi connectivity index (χ0) is 16.1. The van der Waals surface area contributed by atoms with E-state index in [1.165, 1.54) is 14.2 Å². The van der Waals surface area contributed by atoms with Crippen LogP contribution >= 0.6 is 0 Å². The Bertz CT molecular complexity index is 562. The molecule has 0 radical (unpaired) electrons. The van der Waals surface area contributed by atoms with E-state index in [2.05, 4.69) is 10.3 Å². The van der Waals surface area contributed by atoms with Gasteiger partial charge in [0.15, 0.2) is 0 Å². The highest BCUT2D eigenvalue weighted by Gasteiger charge is 2.33. The summed E-state index contributed by atoms with van der Waals surface area (Å²) in [6.07, 6.45) is 2.47. The van der Waals surface area contributed by atoms with Gasteiger partial charge in [-0.1, -0.05) is 0 Å². The summed E-state index contributed by atoms with van der Waals surface area (Å²) in [6.45, 7) is 0.548. The van der Waals surface area contributed by atoms with Crippen LogP contribution in [0.25, 0.3) is 0 Å². The Morgan fingerprint density at radius 3 is 2.68 bits per heavy atom. The zero-order valence-corrected chi connectivity index (χ0v) is 13.1. The van der Waals surface area contributed by atoms with E-state index in [0.717, 1.165) is 12.8 Å². The van der Waals surface area contributed by atoms with Crippen LogP contribution in [0.3, 0.4) is 0 Å². The molecule has 1 aliphatic heterocycles. The van der Waals surface area contributed by atoms with Crippen LogP contribution < -0.4 is 14.8 Å². The van der Waals surface area contributed by atoms with Gasteiger partial charge in [-0.15, -0.1) is 0 Å². The number of carbonyl (C=O) groups is 2. The van der Waals surface area contributed by atoms with E-state index in [1.54, 1.807) is 24.1 Å². The van der Waals surface area contributed by atoms with Gasteiger partial charge in [0.2, 0.25) is 17.7 Å². The van der Waals surface area contributed by atoms with Crippen LogP contribution in [-0.2, 0) is 4.79 Å². The van der Waals surface area contributed by atoms with Gasteiger partial charge < -0.3 is 19.7 Å². The van der Waals surface area contributed by atoms with Crippen molar-refractivity contribution in [1.29, 1.82) is 0 Å². The summed E-state index contributed by atoms with van der Waals surface area (Å²) < 4.78 is 10.2. The monoisotopic (exact) mass is 307 g/mol. The van der Waals surface area contributed by atoms with Crippen molar-refractivity contribution in [3.05, 3.63) is 17.7 Å². The third-order valence-electron chi connectivity index (χ3n) is 3.78. The fraction of sp³-hybridized carbons (Fsp3) is 0.533. The Morgan fingerprint density at radius 1 is 1.27 bits per heavy atom. The van der Waals surface area contributed by atoms with Gasteiger partial charge in [0.05, 0.1) is 14.2 Å². The molecule has 22 heavy (non-hydrogen) atoms. The number of aromatic nitrogens is 1. The van der Waals surface area contributed by atoms with Crippen molar-refractivity contribution in [2.45, 2.75) is 25.3 Å². The first-order valence-corrected chi connectivity index (χ1v) is 7.24. The number of methoxy groups -OCH3 is 2. The molecule has 120 valence electrons. The molecule has 0 bridgehead atoms. The second kappa shape index (κ2) is 7.11. The average Bonchev–Trinajstić information content (AvgIpc) is 2.59. The van der Waals surface area contributed by atoms with E-state index in [1.807, 2.05) is 0 Å². The first-order chi connectivity index (χ1) is 10.6. The first-order valence-electron chi connectivity index (χ1n) is 7.24. The quantitative estimate of drug-likeness (QED) is 0.891. The summed E-state index contributed by atoms with van der Waals surface area (Å²) in [5.74, 6) is 0.175. The third-order valence-corrected chi connectivity index (χ3v) is 3.78. The minimum atomic E-state index is -0.446. The lowest BCUT2D eigenvalue weighted by atomic mass is 10.00. The zero-order valence-electron chi connectivity index (χ0n) is 13.1. The van der Waals surface area contributed by atoms with Gasteiger partial charge in [-0.3, -0.25) is 9.59 Å². The predicted molar refractivity (Wildman–Crippen MR) is 80.1 cm³/mol. The van der Waals surface area contributed by atoms with E-state index in [-0.39, 0.29) is 17.7 Å². The minimum Gasteiger partial charge on any atom is -0.481 e. The lowest BCUT2D eigenvalue weighted by Gasteiger charge is -2.34. The van der Waals surface area contributed by atoms with Crippen LogP contribution in [-0.4, -0.2) is 55.6 Å². The minimum absolute atomic E-state index is 0.145. The van der Waals surface area contributed by atoms with Crippen molar-refractivity contribution in [1.82, 2.24) is 15.2 Å². The molecule has 2 rings (SSSR count). The summed E-state index contributed by atoms with van der Waals surface area (Å²) in [5, 5.41) is 2.62. The Balaban J connectivity index is 2.31. The molecule has 2 heterocycles. The number of nitrogens with one attached hydrogen (secondary N) is 1. The molecule has 7 nitrogen and oxygen atoms in total. The lowest BCUT2D eigenvalue weighted by molar-refractivity contribution is -0.126. The molecule has 1 fully saturated rings. The molecular weight excluding hydrogens is 286 g/mol. The predicted octanol–water partition coefficient (Wildman–Crippen LogP) is 0.839. The maximum atomic E-state index is 12.8. The number of piperidine rings is 1. The Kier molecular flexibility index (Phi) is 5.19. The van der Waals surface area contributed by atoms with E-state index in [9.17, 15) is 9.59 Å². The molecular formula is C15H21N3O4. The van der Waals surface area contributed by atoms with Crippen molar-refractivity contribution < 1.29 is 19.1 Å². The molecule has 0 aliphatic carbocycles. The van der Waals surface area contributed by atoms with E-state index >= 15 is 0 Å². The number of nitrogens with zero attached hydrogens (tertiary/aromatic N) is 2. The fourth-order valence-corrected chi connectivity index (χ4v) is 2.62. The molecule has 0 spiro atoms. The van der Waals surface area contributed by atoms with Crippen molar-refractivity contribution in [3.8, 4) is 11.8 Å². The van der Waals surface area contributed by atoms with Crippen LogP contribution in [0, 0.1) is 0 Å². The molecule has 0 aromatic carbocycles. The van der Waals surface area contributed by atoms with E-state index in [4.69, 9.17) is 9.47 Å². The van der Waals surface area contributed by atoms with Crippen LogP contribution in [0.4, 0.5) is 0 Å². The SMILES string of the molecule is CNC(=O)C1CCCCN1C(=O)c1ccc(OC)nc1OC. The summed E-state index contributed by atoms with van der Waals surface area (Å²) in [7, 11) is 4.52. The van der Waals surface area contributed by atoms with E-state index < -0.39 is 6.04 Å². The van der Waals surface area contributed by atoms with Crippen molar-refractivity contribution in [2.24, 2.45) is 0 Å². The first kappa shape index (κ1) is 16.1. The molecule has 0 saturated carbocycles. The van der Waals surface area contributed by atoms with Crippen molar-refractivity contribution >= 4 is 11.8 Å². The topological polar surface area (TPSA) is 80.8 Å². The van der Waals surface area contributed by atoms with Gasteiger partial charge >= 0.3 is 0 Å². The Hall–Kier alpha value is -2.31. The Morgan fingerprint density at radius 2 is 2.05 bits per heavy atom. The third kappa shape index (κ3) is 3.13. The molecule has 1 aromatic heterocycles. The molecule has 1 saturated heterocycles. The highest BCUT2D eigenvalue weighted by molar-refractivity contribution is 5.99. The number of hydrogen-bond acceptors (Lipinski definition) is 5. The number of rotatable bonds is 4. The molecule has 1 aromatic rings. The molecule has 1 aliphatic rings. The smallest absolute Gasteiger partial charge is 0.260 e. The second-order valence-corrected chi connectivity index (χ2v) is 5.03. The molecule has 1 unspecified atom stereocenters. The van der Waals surface area contributed by atoms with Gasteiger partial charge in [0.1, 0.15) is 11.6 Å². The summed E-state index contributed by atoms with van der Waals surface area (Å²) in [4.78, 5) is 30.5. The van der Waals surface area contributed by atoms with Crippen LogP contribution in [0.15, 0.2) is 12.1 Å². The molecule has 7 heteroatoms. The number of likely N-dealkylation sites (N-methyl/N-ethyl adjacent to an activating group) is 1. The van der Waals surface area contributed by atoms with Gasteiger partial charge in [-0.2, -0.15) is 4.98 Å². The van der Waals surface area contributed by atoms with Gasteiger partial charge in [0.25, 0.3) is 5.91 Å². The number of likely N-dealkylation sites (tertiary alicyclic amines) is 1. The summed E-state index contributed by atoms with van der Waals surface area (Å²) >= 11 is 0. The second-order valence-electron chi connectivity index (χ2n) is 5.03. The normalized spacial score (nSPS) is 17.8. The Labute approximate surface area is 129 Å². The van der Waals surface area contributed by atoms with Gasteiger partial charge in [0, 0.05) is 19.7 Å². The number of hydrogen-bond donors (Lipinski definition) is 1. The average molecular weight is 307 g/mol. The van der Waals surface area contributed by atoms with E-state index in [0.29, 0.717) is 24.4 Å². The number of amides is 2. The number of pyridine rings is 1. The van der Waals surface area contributed by atoms with Gasteiger partial charge in [-0.05, 0) is 25.3 Å². The number of ether oxygens (including phenoxy) is 2. The summed E-state index contributed by atoms with van der Waals surface area (Å²) in [6, 6.07) is 2.77. The van der Waals surface area contributed by atoms with Crippen LogP contribution in [0.5, 0.6) is 11.8 Å². The highest BCUT2D eigenvalue weighted by Crippen LogP contribution is 2.25.